The molecule has 2 aliphatic rings. The molecule has 3 unspecified atom stereocenters. The summed E-state index contributed by atoms with van der Waals surface area (Å²) in [5.74, 6) is 0.536. The van der Waals surface area contributed by atoms with E-state index < -0.39 is 15.8 Å². The zero-order valence-corrected chi connectivity index (χ0v) is 14.6. The maximum Gasteiger partial charge on any atom is 0.307 e. The average molecular weight is 336 g/mol. The van der Waals surface area contributed by atoms with Crippen LogP contribution in [0.4, 0.5) is 0 Å². The molecule has 2 saturated carbocycles. The van der Waals surface area contributed by atoms with Crippen molar-refractivity contribution in [2.45, 2.75) is 56.4 Å². The van der Waals surface area contributed by atoms with Crippen LogP contribution in [0.15, 0.2) is 29.2 Å². The Bertz CT molecular complexity index is 692. The van der Waals surface area contributed by atoms with Gasteiger partial charge in [0.1, 0.15) is 5.60 Å². The van der Waals surface area contributed by atoms with Crippen molar-refractivity contribution in [3.05, 3.63) is 29.8 Å². The van der Waals surface area contributed by atoms with Crippen LogP contribution < -0.4 is 0 Å². The summed E-state index contributed by atoms with van der Waals surface area (Å²) in [5, 5.41) is 0. The topological polar surface area (TPSA) is 60.4 Å². The zero-order chi connectivity index (χ0) is 16.7. The molecule has 0 aliphatic heterocycles. The highest BCUT2D eigenvalue weighted by Crippen LogP contribution is 2.52. The Labute approximate surface area is 138 Å². The number of esters is 1. The maximum atomic E-state index is 12.3. The van der Waals surface area contributed by atoms with Crippen LogP contribution in [0, 0.1) is 18.8 Å². The Hall–Kier alpha value is -1.36. The number of sulfone groups is 1. The van der Waals surface area contributed by atoms with Gasteiger partial charge in [0, 0.05) is 0 Å². The van der Waals surface area contributed by atoms with E-state index in [1.54, 1.807) is 24.3 Å². The molecule has 2 fully saturated rings. The number of rotatable bonds is 5. The summed E-state index contributed by atoms with van der Waals surface area (Å²) in [7, 11) is -3.44. The minimum absolute atomic E-state index is 0.0802. The Kier molecular flexibility index (Phi) is 4.25. The minimum atomic E-state index is -3.44. The fourth-order valence-corrected chi connectivity index (χ4v) is 5.29. The molecular weight excluding hydrogens is 312 g/mol. The molecule has 2 aliphatic carbocycles. The number of ether oxygens (including phenoxy) is 1. The van der Waals surface area contributed by atoms with E-state index in [0.717, 1.165) is 24.8 Å². The second-order valence-electron chi connectivity index (χ2n) is 7.25. The smallest absolute Gasteiger partial charge is 0.307 e. The number of carbonyl (C=O) groups is 1. The molecule has 0 saturated heterocycles. The van der Waals surface area contributed by atoms with Gasteiger partial charge in [0.15, 0.2) is 9.84 Å². The number of aryl methyl sites for hydroxylation is 1. The van der Waals surface area contributed by atoms with E-state index >= 15 is 0 Å². The molecule has 0 radical (unpaired) electrons. The number of fused-ring (bicyclic) bond motifs is 2. The fourth-order valence-electron chi connectivity index (χ4n) is 4.07. The van der Waals surface area contributed by atoms with Crippen molar-refractivity contribution in [3.8, 4) is 0 Å². The molecular formula is C18H24O4S. The highest BCUT2D eigenvalue weighted by molar-refractivity contribution is 7.91. The van der Waals surface area contributed by atoms with Crippen LogP contribution in [0.25, 0.3) is 0 Å². The van der Waals surface area contributed by atoms with Crippen LogP contribution in [0.2, 0.25) is 0 Å². The molecule has 23 heavy (non-hydrogen) atoms. The third-order valence-corrected chi connectivity index (χ3v) is 7.13. The average Bonchev–Trinajstić information content (AvgIpc) is 3.06. The van der Waals surface area contributed by atoms with E-state index in [-0.39, 0.29) is 22.7 Å². The zero-order valence-electron chi connectivity index (χ0n) is 13.7. The molecule has 3 atom stereocenters. The molecule has 0 N–H and O–H groups in total. The molecule has 0 aromatic heterocycles. The quantitative estimate of drug-likeness (QED) is 0.774. The summed E-state index contributed by atoms with van der Waals surface area (Å²) in [5.41, 5.74) is 0.626. The molecule has 5 heteroatoms. The van der Waals surface area contributed by atoms with Gasteiger partial charge in [0.25, 0.3) is 0 Å². The first-order chi connectivity index (χ1) is 10.8. The predicted molar refractivity (Wildman–Crippen MR) is 87.8 cm³/mol. The van der Waals surface area contributed by atoms with Crippen LogP contribution in [-0.2, 0) is 19.4 Å². The standard InChI is InChI=1S/C18H24O4S/c1-13-3-7-16(8-4-13)23(20,21)10-9-17(19)22-18(2)12-14-5-6-15(18)11-14/h3-4,7-8,14-15H,5-6,9-12H2,1-2H3. The van der Waals surface area contributed by atoms with Crippen molar-refractivity contribution in [1.29, 1.82) is 0 Å². The Morgan fingerprint density at radius 3 is 2.52 bits per heavy atom. The van der Waals surface area contributed by atoms with Crippen LogP contribution in [-0.4, -0.2) is 25.7 Å². The monoisotopic (exact) mass is 336 g/mol. The van der Waals surface area contributed by atoms with Crippen molar-refractivity contribution in [2.75, 3.05) is 5.75 Å². The molecule has 1 aromatic rings. The molecule has 3 rings (SSSR count). The summed E-state index contributed by atoms with van der Waals surface area (Å²) in [6.45, 7) is 3.91. The molecule has 0 amide bonds. The van der Waals surface area contributed by atoms with Gasteiger partial charge in [0.2, 0.25) is 0 Å². The van der Waals surface area contributed by atoms with Gasteiger partial charge in [-0.2, -0.15) is 0 Å². The lowest BCUT2D eigenvalue weighted by atomic mass is 9.86. The minimum Gasteiger partial charge on any atom is -0.459 e. The third-order valence-electron chi connectivity index (χ3n) is 5.40. The van der Waals surface area contributed by atoms with Gasteiger partial charge < -0.3 is 4.74 Å². The van der Waals surface area contributed by atoms with Gasteiger partial charge in [0.05, 0.1) is 17.1 Å². The first-order valence-electron chi connectivity index (χ1n) is 8.30. The molecule has 0 heterocycles. The van der Waals surface area contributed by atoms with Crippen molar-refractivity contribution < 1.29 is 17.9 Å². The summed E-state index contributed by atoms with van der Waals surface area (Å²) >= 11 is 0. The van der Waals surface area contributed by atoms with E-state index in [1.807, 2.05) is 13.8 Å². The first kappa shape index (κ1) is 16.5. The van der Waals surface area contributed by atoms with Gasteiger partial charge >= 0.3 is 5.97 Å². The normalized spacial score (nSPS) is 29.7. The van der Waals surface area contributed by atoms with Gasteiger partial charge in [-0.1, -0.05) is 17.7 Å². The third kappa shape index (κ3) is 3.44. The molecule has 0 spiro atoms. The molecule has 2 bridgehead atoms. The van der Waals surface area contributed by atoms with Gasteiger partial charge in [-0.3, -0.25) is 4.79 Å². The summed E-state index contributed by atoms with van der Waals surface area (Å²) < 4.78 is 30.2. The van der Waals surface area contributed by atoms with Crippen LogP contribution in [0.1, 0.15) is 44.6 Å². The van der Waals surface area contributed by atoms with Gasteiger partial charge in [-0.15, -0.1) is 0 Å². The van der Waals surface area contributed by atoms with Crippen LogP contribution in [0.5, 0.6) is 0 Å². The largest absolute Gasteiger partial charge is 0.459 e. The highest BCUT2D eigenvalue weighted by Gasteiger charge is 2.50. The second kappa shape index (κ2) is 5.93. The summed E-state index contributed by atoms with van der Waals surface area (Å²) in [6, 6.07) is 6.71. The lowest BCUT2D eigenvalue weighted by Crippen LogP contribution is -2.37. The predicted octanol–water partition coefficient (Wildman–Crippen LogP) is 3.28. The van der Waals surface area contributed by atoms with E-state index in [2.05, 4.69) is 0 Å². The maximum absolute atomic E-state index is 12.3. The summed E-state index contributed by atoms with van der Waals surface area (Å²) in [4.78, 5) is 12.4. The number of benzene rings is 1. The molecule has 126 valence electrons. The van der Waals surface area contributed by atoms with E-state index in [9.17, 15) is 13.2 Å². The molecule has 4 nitrogen and oxygen atoms in total. The fraction of sp³-hybridized carbons (Fsp3) is 0.611. The molecule has 1 aromatic carbocycles. The van der Waals surface area contributed by atoms with E-state index in [4.69, 9.17) is 4.74 Å². The van der Waals surface area contributed by atoms with Crippen molar-refractivity contribution in [2.24, 2.45) is 11.8 Å². The van der Waals surface area contributed by atoms with Crippen molar-refractivity contribution in [3.63, 3.8) is 0 Å². The second-order valence-corrected chi connectivity index (χ2v) is 9.36. The number of carbonyl (C=O) groups excluding carboxylic acids is 1. The van der Waals surface area contributed by atoms with E-state index in [0.29, 0.717) is 11.8 Å². The van der Waals surface area contributed by atoms with E-state index in [1.165, 1.54) is 6.42 Å². The number of hydrogen-bond donors (Lipinski definition) is 0. The van der Waals surface area contributed by atoms with Crippen molar-refractivity contribution in [1.82, 2.24) is 0 Å². The van der Waals surface area contributed by atoms with Crippen molar-refractivity contribution >= 4 is 15.8 Å². The lowest BCUT2D eigenvalue weighted by molar-refractivity contribution is -0.162. The SMILES string of the molecule is Cc1ccc(S(=O)(=O)CCC(=O)OC2(C)CC3CCC2C3)cc1. The number of hydrogen-bond acceptors (Lipinski definition) is 4. The Morgan fingerprint density at radius 2 is 1.96 bits per heavy atom. The van der Waals surface area contributed by atoms with Gasteiger partial charge in [-0.25, -0.2) is 8.42 Å². The summed E-state index contributed by atoms with van der Waals surface area (Å²) in [6.07, 6.45) is 4.35. The first-order valence-corrected chi connectivity index (χ1v) is 9.95. The lowest BCUT2D eigenvalue weighted by Gasteiger charge is -2.33. The Balaban J connectivity index is 1.57. The Morgan fingerprint density at radius 1 is 1.26 bits per heavy atom. The highest BCUT2D eigenvalue weighted by atomic mass is 32.2. The van der Waals surface area contributed by atoms with Crippen LogP contribution in [0.3, 0.4) is 0 Å². The van der Waals surface area contributed by atoms with Crippen LogP contribution >= 0.6 is 0 Å². The van der Waals surface area contributed by atoms with Gasteiger partial charge in [-0.05, 0) is 63.5 Å².